The van der Waals surface area contributed by atoms with Crippen molar-refractivity contribution in [2.45, 2.75) is 6.10 Å². The first-order chi connectivity index (χ1) is 9.13. The molecule has 1 N–H and O–H groups in total. The van der Waals surface area contributed by atoms with Crippen molar-refractivity contribution in [2.24, 2.45) is 0 Å². The zero-order chi connectivity index (χ0) is 13.4. The van der Waals surface area contributed by atoms with Gasteiger partial charge in [-0.1, -0.05) is 33.6 Å². The van der Waals surface area contributed by atoms with Crippen LogP contribution in [0.2, 0.25) is 5.02 Å². The van der Waals surface area contributed by atoms with Crippen molar-refractivity contribution >= 4 is 33.2 Å². The van der Waals surface area contributed by atoms with Gasteiger partial charge in [-0.15, -0.1) is 0 Å². The lowest BCUT2D eigenvalue weighted by molar-refractivity contribution is 0.209. The molecule has 3 rings (SSSR count). The van der Waals surface area contributed by atoms with Crippen molar-refractivity contribution in [2.75, 3.05) is 11.9 Å². The Kier molecular flexibility index (Phi) is 3.37. The third-order valence-corrected chi connectivity index (χ3v) is 3.92. The van der Waals surface area contributed by atoms with E-state index in [4.69, 9.17) is 16.3 Å². The first kappa shape index (κ1) is 12.8. The van der Waals surface area contributed by atoms with Crippen LogP contribution in [-0.4, -0.2) is 6.54 Å². The van der Waals surface area contributed by atoms with E-state index in [2.05, 4.69) is 21.2 Å². The topological polar surface area (TPSA) is 21.3 Å². The van der Waals surface area contributed by atoms with Gasteiger partial charge in [-0.3, -0.25) is 0 Å². The molecule has 98 valence electrons. The van der Waals surface area contributed by atoms with Gasteiger partial charge in [0.05, 0.1) is 12.2 Å². The molecule has 5 heteroatoms. The minimum Gasteiger partial charge on any atom is -0.482 e. The molecule has 1 unspecified atom stereocenters. The van der Waals surface area contributed by atoms with Crippen LogP contribution in [0.3, 0.4) is 0 Å². The van der Waals surface area contributed by atoms with Crippen LogP contribution >= 0.6 is 27.5 Å². The van der Waals surface area contributed by atoms with Gasteiger partial charge >= 0.3 is 0 Å². The Balaban J connectivity index is 1.91. The maximum Gasteiger partial charge on any atom is 0.143 e. The first-order valence-corrected chi connectivity index (χ1v) is 6.95. The van der Waals surface area contributed by atoms with Gasteiger partial charge in [0, 0.05) is 15.1 Å². The van der Waals surface area contributed by atoms with E-state index in [1.54, 1.807) is 12.1 Å². The second kappa shape index (κ2) is 5.02. The molecule has 0 bridgehead atoms. The molecule has 0 aliphatic carbocycles. The van der Waals surface area contributed by atoms with Gasteiger partial charge in [0.25, 0.3) is 0 Å². The van der Waals surface area contributed by atoms with Crippen molar-refractivity contribution < 1.29 is 9.13 Å². The third kappa shape index (κ3) is 2.55. The van der Waals surface area contributed by atoms with Crippen LogP contribution in [0.4, 0.5) is 10.1 Å². The van der Waals surface area contributed by atoms with Gasteiger partial charge in [-0.05, 0) is 30.3 Å². The Morgan fingerprint density at radius 3 is 2.89 bits per heavy atom. The predicted molar refractivity (Wildman–Crippen MR) is 77.4 cm³/mol. The summed E-state index contributed by atoms with van der Waals surface area (Å²) in [6.45, 7) is 0.609. The highest BCUT2D eigenvalue weighted by Crippen LogP contribution is 2.37. The molecular formula is C14H10BrClFNO. The van der Waals surface area contributed by atoms with E-state index in [1.165, 1.54) is 12.1 Å². The van der Waals surface area contributed by atoms with E-state index < -0.39 is 0 Å². The molecule has 2 aromatic rings. The molecule has 1 heterocycles. The van der Waals surface area contributed by atoms with Crippen molar-refractivity contribution in [3.63, 3.8) is 0 Å². The normalized spacial score (nSPS) is 17.3. The van der Waals surface area contributed by atoms with Crippen molar-refractivity contribution in [1.29, 1.82) is 0 Å². The van der Waals surface area contributed by atoms with Gasteiger partial charge in [0.1, 0.15) is 17.7 Å². The summed E-state index contributed by atoms with van der Waals surface area (Å²) in [5.41, 5.74) is 1.79. The standard InChI is InChI=1S/C14H10BrClFNO/c15-11-6-9(17)2-3-10(11)14-7-18-12-5-8(16)1-4-13(12)19-14/h1-6,14,18H,7H2. The molecule has 1 atom stereocenters. The van der Waals surface area contributed by atoms with Gasteiger partial charge in [-0.2, -0.15) is 0 Å². The van der Waals surface area contributed by atoms with E-state index in [-0.39, 0.29) is 11.9 Å². The van der Waals surface area contributed by atoms with Crippen molar-refractivity contribution in [3.8, 4) is 5.75 Å². The number of hydrogen-bond donors (Lipinski definition) is 1. The number of ether oxygens (including phenoxy) is 1. The van der Waals surface area contributed by atoms with E-state index in [0.717, 1.165) is 17.0 Å². The highest BCUT2D eigenvalue weighted by atomic mass is 79.9. The summed E-state index contributed by atoms with van der Waals surface area (Å²) in [7, 11) is 0. The molecule has 0 amide bonds. The highest BCUT2D eigenvalue weighted by Gasteiger charge is 2.22. The first-order valence-electron chi connectivity index (χ1n) is 5.78. The largest absolute Gasteiger partial charge is 0.482 e. The van der Waals surface area contributed by atoms with E-state index >= 15 is 0 Å². The Labute approximate surface area is 123 Å². The van der Waals surface area contributed by atoms with E-state index in [0.29, 0.717) is 16.0 Å². The van der Waals surface area contributed by atoms with Gasteiger partial charge < -0.3 is 10.1 Å². The molecule has 0 radical (unpaired) electrons. The summed E-state index contributed by atoms with van der Waals surface area (Å²) >= 11 is 9.29. The smallest absolute Gasteiger partial charge is 0.143 e. The summed E-state index contributed by atoms with van der Waals surface area (Å²) in [6, 6.07) is 10.0. The molecule has 2 aromatic carbocycles. The van der Waals surface area contributed by atoms with Crippen LogP contribution in [0.5, 0.6) is 5.75 Å². The van der Waals surface area contributed by atoms with Gasteiger partial charge in [0.15, 0.2) is 0 Å². The molecule has 0 fully saturated rings. The Morgan fingerprint density at radius 2 is 2.11 bits per heavy atom. The van der Waals surface area contributed by atoms with E-state index in [1.807, 2.05) is 12.1 Å². The summed E-state index contributed by atoms with van der Waals surface area (Å²) in [4.78, 5) is 0. The fourth-order valence-corrected chi connectivity index (χ4v) is 2.86. The van der Waals surface area contributed by atoms with Crippen molar-refractivity contribution in [3.05, 3.63) is 57.3 Å². The maximum absolute atomic E-state index is 13.1. The van der Waals surface area contributed by atoms with Crippen LogP contribution in [0.15, 0.2) is 40.9 Å². The van der Waals surface area contributed by atoms with Crippen LogP contribution in [-0.2, 0) is 0 Å². The molecule has 1 aliphatic heterocycles. The predicted octanol–water partition coefficient (Wildman–Crippen LogP) is 4.79. The number of fused-ring (bicyclic) bond motifs is 1. The summed E-state index contributed by atoms with van der Waals surface area (Å²) in [5, 5.41) is 3.93. The number of hydrogen-bond acceptors (Lipinski definition) is 2. The second-order valence-corrected chi connectivity index (χ2v) is 5.58. The van der Waals surface area contributed by atoms with Gasteiger partial charge in [0.2, 0.25) is 0 Å². The highest BCUT2D eigenvalue weighted by molar-refractivity contribution is 9.10. The Bertz CT molecular complexity index is 635. The Hall–Kier alpha value is -1.26. The van der Waals surface area contributed by atoms with Crippen molar-refractivity contribution in [1.82, 2.24) is 0 Å². The van der Waals surface area contributed by atoms with Crippen LogP contribution < -0.4 is 10.1 Å². The second-order valence-electron chi connectivity index (χ2n) is 4.29. The molecule has 19 heavy (non-hydrogen) atoms. The fourth-order valence-electron chi connectivity index (χ4n) is 2.08. The SMILES string of the molecule is Fc1ccc(C2CNc3cc(Cl)ccc3O2)c(Br)c1. The fraction of sp³-hybridized carbons (Fsp3) is 0.143. The van der Waals surface area contributed by atoms with Crippen LogP contribution in [0.1, 0.15) is 11.7 Å². The third-order valence-electron chi connectivity index (χ3n) is 3.00. The summed E-state index contributed by atoms with van der Waals surface area (Å²) in [6.07, 6.45) is -0.163. The summed E-state index contributed by atoms with van der Waals surface area (Å²) in [5.74, 6) is 0.475. The number of benzene rings is 2. The molecule has 0 aromatic heterocycles. The zero-order valence-electron chi connectivity index (χ0n) is 9.79. The number of rotatable bonds is 1. The molecular weight excluding hydrogens is 333 g/mol. The number of halogens is 3. The lowest BCUT2D eigenvalue weighted by Crippen LogP contribution is -2.23. The molecule has 2 nitrogen and oxygen atoms in total. The molecule has 0 saturated heterocycles. The zero-order valence-corrected chi connectivity index (χ0v) is 12.1. The maximum atomic E-state index is 13.1. The molecule has 0 saturated carbocycles. The monoisotopic (exact) mass is 341 g/mol. The average molecular weight is 343 g/mol. The molecule has 0 spiro atoms. The number of anilines is 1. The number of nitrogens with one attached hydrogen (secondary N) is 1. The minimum atomic E-state index is -0.272. The van der Waals surface area contributed by atoms with Gasteiger partial charge in [-0.25, -0.2) is 4.39 Å². The summed E-state index contributed by atoms with van der Waals surface area (Å²) < 4.78 is 19.7. The molecule has 1 aliphatic rings. The lowest BCUT2D eigenvalue weighted by atomic mass is 10.1. The minimum absolute atomic E-state index is 0.163. The van der Waals surface area contributed by atoms with Crippen LogP contribution in [0.25, 0.3) is 0 Å². The lowest BCUT2D eigenvalue weighted by Gasteiger charge is -2.28. The Morgan fingerprint density at radius 1 is 1.26 bits per heavy atom. The van der Waals surface area contributed by atoms with Crippen LogP contribution in [0, 0.1) is 5.82 Å². The average Bonchev–Trinajstić information content (AvgIpc) is 2.38. The quantitative estimate of drug-likeness (QED) is 0.805. The van der Waals surface area contributed by atoms with E-state index in [9.17, 15) is 4.39 Å².